The van der Waals surface area contributed by atoms with Gasteiger partial charge in [-0.25, -0.2) is 0 Å². The van der Waals surface area contributed by atoms with E-state index in [0.29, 0.717) is 6.54 Å². The summed E-state index contributed by atoms with van der Waals surface area (Å²) in [7, 11) is 0. The lowest BCUT2D eigenvalue weighted by atomic mass is 9.96. The second-order valence-electron chi connectivity index (χ2n) is 5.58. The number of rotatable bonds is 7. The van der Waals surface area contributed by atoms with Gasteiger partial charge in [0.05, 0.1) is 6.54 Å². The predicted octanol–water partition coefficient (Wildman–Crippen LogP) is 1.20. The highest BCUT2D eigenvalue weighted by atomic mass is 35.5. The highest BCUT2D eigenvalue weighted by molar-refractivity contribution is 5.87. The third kappa shape index (κ3) is 9.73. The molecule has 114 valence electrons. The minimum absolute atomic E-state index is 0. The van der Waals surface area contributed by atoms with Crippen LogP contribution in [-0.4, -0.2) is 30.9 Å². The Hall–Kier alpha value is -0.810. The van der Waals surface area contributed by atoms with Gasteiger partial charge in [-0.05, 0) is 6.42 Å². The molecule has 4 N–H and O–H groups in total. The average Bonchev–Trinajstić information content (AvgIpc) is 2.30. The minimum Gasteiger partial charge on any atom is -0.351 e. The minimum atomic E-state index is -0.476. The zero-order valence-corrected chi connectivity index (χ0v) is 13.2. The Morgan fingerprint density at radius 3 is 2.26 bits per heavy atom. The van der Waals surface area contributed by atoms with E-state index < -0.39 is 5.41 Å². The van der Waals surface area contributed by atoms with Gasteiger partial charge in [0.2, 0.25) is 11.8 Å². The molecular weight excluding hydrogens is 266 g/mol. The molecule has 0 aliphatic heterocycles. The molecule has 19 heavy (non-hydrogen) atoms. The molecule has 1 atom stereocenters. The van der Waals surface area contributed by atoms with Crippen LogP contribution in [0.5, 0.6) is 0 Å². The lowest BCUT2D eigenvalue weighted by Gasteiger charge is -2.19. The fraction of sp³-hybridized carbons (Fsp3) is 0.846. The summed E-state index contributed by atoms with van der Waals surface area (Å²) in [5, 5.41) is 5.45. The van der Waals surface area contributed by atoms with Crippen molar-refractivity contribution >= 4 is 24.2 Å². The van der Waals surface area contributed by atoms with Crippen LogP contribution in [0.2, 0.25) is 0 Å². The van der Waals surface area contributed by atoms with Crippen molar-refractivity contribution in [1.29, 1.82) is 0 Å². The largest absolute Gasteiger partial charge is 0.351 e. The second kappa shape index (κ2) is 10.0. The number of nitrogens with one attached hydrogen (secondary N) is 2. The van der Waals surface area contributed by atoms with Crippen LogP contribution >= 0.6 is 12.4 Å². The number of hydrogen-bond acceptors (Lipinski definition) is 3. The Bertz CT molecular complexity index is 278. The van der Waals surface area contributed by atoms with Gasteiger partial charge in [-0.15, -0.1) is 12.4 Å². The molecule has 5 nitrogen and oxygen atoms in total. The molecule has 0 saturated carbocycles. The molecule has 0 heterocycles. The maximum Gasteiger partial charge on any atom is 0.239 e. The summed E-state index contributed by atoms with van der Waals surface area (Å²) in [4.78, 5) is 23.2. The van der Waals surface area contributed by atoms with Crippen LogP contribution < -0.4 is 16.4 Å². The number of unbranched alkanes of at least 4 members (excludes halogenated alkanes) is 1. The first-order valence-electron chi connectivity index (χ1n) is 6.59. The zero-order chi connectivity index (χ0) is 14.2. The number of carbonyl (C=O) groups is 2. The van der Waals surface area contributed by atoms with E-state index in [2.05, 4.69) is 17.6 Å². The standard InChI is InChI=1S/C13H27N3O2.ClH/c1-5-6-7-10(8-14)16-11(17)9-15-12(18)13(2,3)4;/h10H,5-9,14H2,1-4H3,(H,15,18)(H,16,17);1H. The van der Waals surface area contributed by atoms with Gasteiger partial charge in [0, 0.05) is 18.0 Å². The van der Waals surface area contributed by atoms with Crippen LogP contribution in [0.1, 0.15) is 47.0 Å². The van der Waals surface area contributed by atoms with E-state index in [1.54, 1.807) is 0 Å². The van der Waals surface area contributed by atoms with Crippen LogP contribution in [0.3, 0.4) is 0 Å². The van der Waals surface area contributed by atoms with Crippen LogP contribution in [0.15, 0.2) is 0 Å². The highest BCUT2D eigenvalue weighted by Gasteiger charge is 2.21. The van der Waals surface area contributed by atoms with E-state index in [1.807, 2.05) is 20.8 Å². The summed E-state index contributed by atoms with van der Waals surface area (Å²) in [6, 6.07) is 0.00369. The summed E-state index contributed by atoms with van der Waals surface area (Å²) in [6.07, 6.45) is 3.00. The number of halogens is 1. The van der Waals surface area contributed by atoms with E-state index in [-0.39, 0.29) is 36.8 Å². The van der Waals surface area contributed by atoms with Crippen molar-refractivity contribution in [2.75, 3.05) is 13.1 Å². The van der Waals surface area contributed by atoms with Gasteiger partial charge in [0.1, 0.15) is 0 Å². The quantitative estimate of drug-likeness (QED) is 0.659. The topological polar surface area (TPSA) is 84.2 Å². The lowest BCUT2D eigenvalue weighted by molar-refractivity contribution is -0.131. The molecule has 0 aliphatic carbocycles. The van der Waals surface area contributed by atoms with Gasteiger partial charge in [-0.1, -0.05) is 40.5 Å². The summed E-state index contributed by atoms with van der Waals surface area (Å²) < 4.78 is 0. The van der Waals surface area contributed by atoms with Gasteiger partial charge in [0.15, 0.2) is 0 Å². The monoisotopic (exact) mass is 293 g/mol. The molecule has 0 spiro atoms. The van der Waals surface area contributed by atoms with Gasteiger partial charge >= 0.3 is 0 Å². The maximum atomic E-state index is 11.6. The van der Waals surface area contributed by atoms with Gasteiger partial charge in [-0.3, -0.25) is 9.59 Å². The Morgan fingerprint density at radius 1 is 1.26 bits per heavy atom. The van der Waals surface area contributed by atoms with E-state index >= 15 is 0 Å². The summed E-state index contributed by atoms with van der Waals surface area (Å²) in [6.45, 7) is 7.97. The van der Waals surface area contributed by atoms with Crippen molar-refractivity contribution < 1.29 is 9.59 Å². The van der Waals surface area contributed by atoms with Crippen LogP contribution in [0.25, 0.3) is 0 Å². The van der Waals surface area contributed by atoms with Crippen molar-refractivity contribution in [3.05, 3.63) is 0 Å². The third-order valence-corrected chi connectivity index (χ3v) is 2.65. The Labute approximate surface area is 122 Å². The number of hydrogen-bond donors (Lipinski definition) is 3. The number of nitrogens with two attached hydrogens (primary N) is 1. The van der Waals surface area contributed by atoms with E-state index in [4.69, 9.17) is 5.73 Å². The van der Waals surface area contributed by atoms with Gasteiger partial charge < -0.3 is 16.4 Å². The van der Waals surface area contributed by atoms with E-state index in [0.717, 1.165) is 19.3 Å². The smallest absolute Gasteiger partial charge is 0.239 e. The molecule has 6 heteroatoms. The third-order valence-electron chi connectivity index (χ3n) is 2.65. The molecule has 0 aromatic rings. The Balaban J connectivity index is 0. The molecule has 0 saturated heterocycles. The van der Waals surface area contributed by atoms with E-state index in [1.165, 1.54) is 0 Å². The number of amides is 2. The van der Waals surface area contributed by atoms with Gasteiger partial charge in [-0.2, -0.15) is 0 Å². The van der Waals surface area contributed by atoms with E-state index in [9.17, 15) is 9.59 Å². The molecule has 0 rings (SSSR count). The van der Waals surface area contributed by atoms with Crippen molar-refractivity contribution in [3.8, 4) is 0 Å². The summed E-state index contributed by atoms with van der Waals surface area (Å²) in [5.41, 5.74) is 5.11. The first-order valence-corrected chi connectivity index (χ1v) is 6.59. The first kappa shape index (κ1) is 20.5. The van der Waals surface area contributed by atoms with Crippen molar-refractivity contribution in [3.63, 3.8) is 0 Å². The molecule has 0 fully saturated rings. The number of carbonyl (C=O) groups excluding carboxylic acids is 2. The lowest BCUT2D eigenvalue weighted by Crippen LogP contribution is -2.46. The SMILES string of the molecule is CCCCC(CN)NC(=O)CNC(=O)C(C)(C)C.Cl. The van der Waals surface area contributed by atoms with Gasteiger partial charge in [0.25, 0.3) is 0 Å². The molecule has 0 aliphatic rings. The molecular formula is C13H28ClN3O2. The average molecular weight is 294 g/mol. The molecule has 1 unspecified atom stereocenters. The Kier molecular flexibility index (Phi) is 10.8. The zero-order valence-electron chi connectivity index (χ0n) is 12.4. The molecule has 0 bridgehead atoms. The molecule has 0 aromatic carbocycles. The molecule has 0 radical (unpaired) electrons. The van der Waals surface area contributed by atoms with Crippen LogP contribution in [0.4, 0.5) is 0 Å². The fourth-order valence-electron chi connectivity index (χ4n) is 1.40. The second-order valence-corrected chi connectivity index (χ2v) is 5.58. The highest BCUT2D eigenvalue weighted by Crippen LogP contribution is 2.11. The maximum absolute atomic E-state index is 11.6. The normalized spacial score (nSPS) is 12.3. The predicted molar refractivity (Wildman–Crippen MR) is 80.2 cm³/mol. The van der Waals surface area contributed by atoms with Crippen molar-refractivity contribution in [2.45, 2.75) is 53.0 Å². The summed E-state index contributed by atoms with van der Waals surface area (Å²) >= 11 is 0. The fourth-order valence-corrected chi connectivity index (χ4v) is 1.40. The van der Waals surface area contributed by atoms with Crippen molar-refractivity contribution in [2.24, 2.45) is 11.1 Å². The Morgan fingerprint density at radius 2 is 1.84 bits per heavy atom. The molecule has 0 aromatic heterocycles. The van der Waals surface area contributed by atoms with Crippen LogP contribution in [0, 0.1) is 5.41 Å². The molecule has 2 amide bonds. The van der Waals surface area contributed by atoms with Crippen LogP contribution in [-0.2, 0) is 9.59 Å². The summed E-state index contributed by atoms with van der Waals surface area (Å²) in [5.74, 6) is -0.311. The van der Waals surface area contributed by atoms with Crippen molar-refractivity contribution in [1.82, 2.24) is 10.6 Å². The first-order chi connectivity index (χ1) is 8.31.